The maximum absolute atomic E-state index is 13.6. The van der Waals surface area contributed by atoms with Crippen molar-refractivity contribution in [2.24, 2.45) is 0 Å². The highest BCUT2D eigenvalue weighted by Gasteiger charge is 2.44. The molecular formula is C37H44N4O. The Morgan fingerprint density at radius 3 is 2.26 bits per heavy atom. The fourth-order valence-corrected chi connectivity index (χ4v) is 8.56. The summed E-state index contributed by atoms with van der Waals surface area (Å²) in [6.07, 6.45) is 8.27. The predicted octanol–water partition coefficient (Wildman–Crippen LogP) is 7.39. The van der Waals surface area contributed by atoms with Gasteiger partial charge in [-0.15, -0.1) is 0 Å². The molecule has 2 bridgehead atoms. The third kappa shape index (κ3) is 4.76. The number of piperidine rings is 2. The van der Waals surface area contributed by atoms with Crippen LogP contribution in [0.1, 0.15) is 83.9 Å². The van der Waals surface area contributed by atoms with Crippen LogP contribution in [0.2, 0.25) is 0 Å². The molecule has 3 fully saturated rings. The third-order valence-electron chi connectivity index (χ3n) is 11.1. The number of rotatable bonds is 6. The fraction of sp³-hybridized carbons (Fsp3) is 0.459. The Morgan fingerprint density at radius 2 is 1.52 bits per heavy atom. The van der Waals surface area contributed by atoms with E-state index >= 15 is 0 Å². The molecule has 7 rings (SSSR count). The molecule has 0 aliphatic carbocycles. The number of carbonyl (C=O) groups is 1. The monoisotopic (exact) mass is 560 g/mol. The lowest BCUT2D eigenvalue weighted by atomic mass is 9.70. The molecule has 1 amide bonds. The molecule has 3 aliphatic rings. The molecule has 4 heterocycles. The quantitative estimate of drug-likeness (QED) is 0.247. The van der Waals surface area contributed by atoms with Crippen LogP contribution in [0.15, 0.2) is 72.8 Å². The van der Waals surface area contributed by atoms with Crippen LogP contribution in [0, 0.1) is 20.8 Å². The van der Waals surface area contributed by atoms with E-state index in [2.05, 4.69) is 95.8 Å². The van der Waals surface area contributed by atoms with E-state index in [9.17, 15) is 4.79 Å². The number of aromatic nitrogens is 2. The number of aryl methyl sites for hydroxylation is 2. The highest BCUT2D eigenvalue weighted by atomic mass is 16.2. The van der Waals surface area contributed by atoms with Crippen LogP contribution in [0.5, 0.6) is 0 Å². The Morgan fingerprint density at radius 1 is 0.833 bits per heavy atom. The molecule has 0 N–H and O–H groups in total. The topological polar surface area (TPSA) is 41.4 Å². The van der Waals surface area contributed by atoms with Gasteiger partial charge in [-0.25, -0.2) is 4.98 Å². The highest BCUT2D eigenvalue weighted by Crippen LogP contribution is 2.45. The van der Waals surface area contributed by atoms with Crippen molar-refractivity contribution < 1.29 is 4.79 Å². The third-order valence-corrected chi connectivity index (χ3v) is 11.1. The van der Waals surface area contributed by atoms with Gasteiger partial charge in [-0.05, 0) is 113 Å². The molecule has 3 aromatic carbocycles. The van der Waals surface area contributed by atoms with Gasteiger partial charge in [0.05, 0.1) is 11.0 Å². The Hall–Kier alpha value is -3.44. The van der Waals surface area contributed by atoms with Crippen molar-refractivity contribution in [1.29, 1.82) is 0 Å². The van der Waals surface area contributed by atoms with Crippen LogP contribution in [-0.4, -0.2) is 57.0 Å². The Bertz CT molecular complexity index is 1570. The van der Waals surface area contributed by atoms with Gasteiger partial charge in [0.25, 0.3) is 5.91 Å². The number of likely N-dealkylation sites (tertiary alicyclic amines) is 1. The lowest BCUT2D eigenvalue weighted by Gasteiger charge is -2.45. The summed E-state index contributed by atoms with van der Waals surface area (Å²) in [6, 6.07) is 27.7. The standard InChI is InChI=1S/C37H44N4O/c1-26-10-9-13-33(27(26)2)36(42)39-21-18-37(19-22-39,29-11-5-4-6-12-29)20-23-40-30-16-17-31(40)25-32(24-30)41-28(3)38-34-14-7-8-15-35(34)41/h4-15,30-32H,16-25H2,1-3H3/t30-,31+,32+. The largest absolute Gasteiger partial charge is 0.339 e. The van der Waals surface area contributed by atoms with Gasteiger partial charge in [-0.3, -0.25) is 9.69 Å². The molecule has 3 saturated heterocycles. The molecule has 4 aromatic rings. The second-order valence-electron chi connectivity index (χ2n) is 13.2. The first-order chi connectivity index (χ1) is 20.4. The summed E-state index contributed by atoms with van der Waals surface area (Å²) in [7, 11) is 0. The first-order valence-corrected chi connectivity index (χ1v) is 16.0. The summed E-state index contributed by atoms with van der Waals surface area (Å²) < 4.78 is 2.53. The molecule has 0 unspecified atom stereocenters. The minimum atomic E-state index is 0.118. The summed E-state index contributed by atoms with van der Waals surface area (Å²) in [5.74, 6) is 1.35. The van der Waals surface area contributed by atoms with Crippen molar-refractivity contribution in [3.8, 4) is 0 Å². The SMILES string of the molecule is Cc1cccc(C(=O)N2CCC(CCN3[C@@H]4CC[C@H]3C[C@@H](n3c(C)nc5ccccc53)C4)(c3ccccc3)CC2)c1C. The molecule has 0 spiro atoms. The van der Waals surface area contributed by atoms with Gasteiger partial charge in [0.2, 0.25) is 0 Å². The van der Waals surface area contributed by atoms with Crippen LogP contribution in [0.3, 0.4) is 0 Å². The Balaban J connectivity index is 1.07. The number of para-hydroxylation sites is 2. The van der Waals surface area contributed by atoms with Gasteiger partial charge in [0.15, 0.2) is 0 Å². The number of benzene rings is 3. The van der Waals surface area contributed by atoms with Gasteiger partial charge in [-0.2, -0.15) is 0 Å². The zero-order chi connectivity index (χ0) is 28.8. The normalized spacial score (nSPS) is 23.9. The van der Waals surface area contributed by atoms with E-state index in [-0.39, 0.29) is 11.3 Å². The predicted molar refractivity (Wildman–Crippen MR) is 170 cm³/mol. The van der Waals surface area contributed by atoms with Gasteiger partial charge in [0.1, 0.15) is 5.82 Å². The summed E-state index contributed by atoms with van der Waals surface area (Å²) >= 11 is 0. The van der Waals surface area contributed by atoms with Crippen LogP contribution >= 0.6 is 0 Å². The second kappa shape index (κ2) is 11.0. The molecule has 3 atom stereocenters. The number of imidazole rings is 1. The van der Waals surface area contributed by atoms with Crippen molar-refractivity contribution in [1.82, 2.24) is 19.4 Å². The van der Waals surface area contributed by atoms with E-state index in [0.717, 1.165) is 61.4 Å². The Labute approximate surface area is 250 Å². The average molecular weight is 561 g/mol. The molecule has 0 saturated carbocycles. The maximum atomic E-state index is 13.6. The summed E-state index contributed by atoms with van der Waals surface area (Å²) in [5.41, 5.74) is 7.14. The van der Waals surface area contributed by atoms with E-state index in [0.29, 0.717) is 18.1 Å². The van der Waals surface area contributed by atoms with Crippen molar-refractivity contribution in [3.63, 3.8) is 0 Å². The second-order valence-corrected chi connectivity index (χ2v) is 13.2. The lowest BCUT2D eigenvalue weighted by Crippen LogP contribution is -2.49. The summed E-state index contributed by atoms with van der Waals surface area (Å²) in [6.45, 7) is 9.14. The smallest absolute Gasteiger partial charge is 0.254 e. The van der Waals surface area contributed by atoms with Crippen LogP contribution in [0.25, 0.3) is 11.0 Å². The van der Waals surface area contributed by atoms with E-state index < -0.39 is 0 Å². The first-order valence-electron chi connectivity index (χ1n) is 16.0. The highest BCUT2D eigenvalue weighted by molar-refractivity contribution is 5.96. The number of amides is 1. The first kappa shape index (κ1) is 27.4. The number of hydrogen-bond donors (Lipinski definition) is 0. The number of nitrogens with zero attached hydrogens (tertiary/aromatic N) is 4. The average Bonchev–Trinajstić information content (AvgIpc) is 3.48. The van der Waals surface area contributed by atoms with Crippen molar-refractivity contribution in [2.75, 3.05) is 19.6 Å². The van der Waals surface area contributed by atoms with Gasteiger partial charge in [-0.1, -0.05) is 54.6 Å². The zero-order valence-electron chi connectivity index (χ0n) is 25.4. The van der Waals surface area contributed by atoms with E-state index in [1.807, 2.05) is 12.1 Å². The molecule has 3 aliphatic heterocycles. The van der Waals surface area contributed by atoms with Gasteiger partial charge >= 0.3 is 0 Å². The molecule has 42 heavy (non-hydrogen) atoms. The molecule has 5 heteroatoms. The Kier molecular flexibility index (Phi) is 7.17. The molecule has 218 valence electrons. The molecule has 5 nitrogen and oxygen atoms in total. The van der Waals surface area contributed by atoms with E-state index in [4.69, 9.17) is 4.98 Å². The molecular weight excluding hydrogens is 516 g/mol. The summed E-state index contributed by atoms with van der Waals surface area (Å²) in [5, 5.41) is 0. The van der Waals surface area contributed by atoms with E-state index in [1.54, 1.807) is 0 Å². The molecule has 0 radical (unpaired) electrons. The van der Waals surface area contributed by atoms with Gasteiger partial charge < -0.3 is 9.47 Å². The van der Waals surface area contributed by atoms with E-state index in [1.165, 1.54) is 42.3 Å². The lowest BCUT2D eigenvalue weighted by molar-refractivity contribution is 0.0606. The number of carbonyl (C=O) groups excluding carboxylic acids is 1. The fourth-order valence-electron chi connectivity index (χ4n) is 8.56. The van der Waals surface area contributed by atoms with Crippen LogP contribution in [0.4, 0.5) is 0 Å². The van der Waals surface area contributed by atoms with Crippen molar-refractivity contribution >= 4 is 16.9 Å². The number of hydrogen-bond acceptors (Lipinski definition) is 3. The molecule has 1 aromatic heterocycles. The van der Waals surface area contributed by atoms with Crippen LogP contribution in [-0.2, 0) is 5.41 Å². The van der Waals surface area contributed by atoms with Crippen molar-refractivity contribution in [2.45, 2.75) is 89.3 Å². The summed E-state index contributed by atoms with van der Waals surface area (Å²) in [4.78, 5) is 23.4. The minimum absolute atomic E-state index is 0.118. The number of fused-ring (bicyclic) bond motifs is 3. The zero-order valence-corrected chi connectivity index (χ0v) is 25.4. The maximum Gasteiger partial charge on any atom is 0.254 e. The van der Waals surface area contributed by atoms with Gasteiger partial charge in [0, 0.05) is 36.8 Å². The van der Waals surface area contributed by atoms with Crippen molar-refractivity contribution in [3.05, 3.63) is 101 Å². The van der Waals surface area contributed by atoms with Crippen LogP contribution < -0.4 is 0 Å². The minimum Gasteiger partial charge on any atom is -0.339 e.